The van der Waals surface area contributed by atoms with Crippen LogP contribution < -0.4 is 0 Å². The van der Waals surface area contributed by atoms with Gasteiger partial charge in [-0.1, -0.05) is 5.92 Å². The highest BCUT2D eigenvalue weighted by atomic mass is 19.4. The third-order valence-corrected chi connectivity index (χ3v) is 2.90. The molecule has 1 aliphatic rings. The molecule has 0 spiro atoms. The molecule has 0 bridgehead atoms. The van der Waals surface area contributed by atoms with Crippen LogP contribution in [0.3, 0.4) is 0 Å². The molecule has 1 aliphatic heterocycles. The van der Waals surface area contributed by atoms with E-state index >= 15 is 0 Å². The highest BCUT2D eigenvalue weighted by molar-refractivity contribution is 5.26. The molecule has 2 unspecified atom stereocenters. The van der Waals surface area contributed by atoms with Crippen molar-refractivity contribution in [2.45, 2.75) is 18.3 Å². The first kappa shape index (κ1) is 15.2. The predicted molar refractivity (Wildman–Crippen MR) is 64.3 cm³/mol. The number of nitrogens with zero attached hydrogens (tertiary/aromatic N) is 2. The number of allylic oxidation sites excluding steroid dienone is 1. The maximum Gasteiger partial charge on any atom is 0.406 e. The normalized spacial score (nSPS) is 21.7. The zero-order chi connectivity index (χ0) is 14.8. The van der Waals surface area contributed by atoms with E-state index < -0.39 is 29.8 Å². The van der Waals surface area contributed by atoms with Gasteiger partial charge in [0.1, 0.15) is 12.1 Å². The number of alkyl halides is 3. The zero-order valence-corrected chi connectivity index (χ0v) is 10.5. The standard InChI is InChI=1S/C12H15F3N2O2/c1-4-6-17(3)11(12(13,14)15)9-10(19)8(18)5-7-16(9)2/h1,5,7,9,11,18-19H,6H2,2-3H3. The largest absolute Gasteiger partial charge is 0.506 e. The lowest BCUT2D eigenvalue weighted by Crippen LogP contribution is -2.57. The van der Waals surface area contributed by atoms with E-state index in [1.165, 1.54) is 25.2 Å². The van der Waals surface area contributed by atoms with Crippen molar-refractivity contribution in [3.63, 3.8) is 0 Å². The molecule has 0 aromatic heterocycles. The van der Waals surface area contributed by atoms with Gasteiger partial charge in [0.2, 0.25) is 0 Å². The summed E-state index contributed by atoms with van der Waals surface area (Å²) in [4.78, 5) is 2.09. The maximum atomic E-state index is 13.2. The van der Waals surface area contributed by atoms with Gasteiger partial charge in [-0.25, -0.2) is 0 Å². The second kappa shape index (κ2) is 5.45. The Morgan fingerprint density at radius 3 is 2.58 bits per heavy atom. The number of likely N-dealkylation sites (N-methyl/N-ethyl adjacent to an activating group) is 2. The Morgan fingerprint density at radius 2 is 2.11 bits per heavy atom. The van der Waals surface area contributed by atoms with Crippen molar-refractivity contribution >= 4 is 0 Å². The molecule has 0 saturated heterocycles. The fraction of sp³-hybridized carbons (Fsp3) is 0.500. The number of aliphatic hydroxyl groups is 2. The summed E-state index contributed by atoms with van der Waals surface area (Å²) in [6.07, 6.45) is 2.81. The average molecular weight is 276 g/mol. The van der Waals surface area contributed by atoms with Crippen LogP contribution in [0.15, 0.2) is 23.8 Å². The minimum absolute atomic E-state index is 0.230. The first-order chi connectivity index (χ1) is 8.70. The summed E-state index contributed by atoms with van der Waals surface area (Å²) in [6, 6.07) is -3.47. The SMILES string of the molecule is C#CCN(C)C(C1C(O)=C(O)C=CN1C)C(F)(F)F. The predicted octanol–water partition coefficient (Wildman–Crippen LogP) is 1.64. The topological polar surface area (TPSA) is 46.9 Å². The zero-order valence-electron chi connectivity index (χ0n) is 10.5. The Balaban J connectivity index is 3.19. The molecule has 0 fully saturated rings. The van der Waals surface area contributed by atoms with Crippen molar-refractivity contribution in [1.29, 1.82) is 0 Å². The molecule has 2 atom stereocenters. The third kappa shape index (κ3) is 3.15. The van der Waals surface area contributed by atoms with Crippen LogP contribution in [-0.2, 0) is 0 Å². The van der Waals surface area contributed by atoms with Gasteiger partial charge in [0.25, 0.3) is 0 Å². The smallest absolute Gasteiger partial charge is 0.406 e. The number of rotatable bonds is 3. The van der Waals surface area contributed by atoms with Crippen LogP contribution in [0, 0.1) is 12.3 Å². The molecule has 0 aliphatic carbocycles. The molecule has 0 aromatic carbocycles. The van der Waals surface area contributed by atoms with Gasteiger partial charge in [0, 0.05) is 13.2 Å². The quantitative estimate of drug-likeness (QED) is 0.769. The fourth-order valence-corrected chi connectivity index (χ4v) is 2.00. The van der Waals surface area contributed by atoms with Gasteiger partial charge in [-0.3, -0.25) is 4.90 Å². The molecular formula is C12H15F3N2O2. The average Bonchev–Trinajstić information content (AvgIpc) is 2.28. The minimum atomic E-state index is -4.61. The summed E-state index contributed by atoms with van der Waals surface area (Å²) in [5, 5.41) is 19.1. The van der Waals surface area contributed by atoms with Crippen LogP contribution >= 0.6 is 0 Å². The highest BCUT2D eigenvalue weighted by Crippen LogP contribution is 2.33. The fourth-order valence-electron chi connectivity index (χ4n) is 2.00. The molecule has 4 nitrogen and oxygen atoms in total. The van der Waals surface area contributed by atoms with Gasteiger partial charge in [0.05, 0.1) is 6.54 Å². The Hall–Kier alpha value is -1.81. The Morgan fingerprint density at radius 1 is 1.53 bits per heavy atom. The van der Waals surface area contributed by atoms with Crippen LogP contribution in [0.2, 0.25) is 0 Å². The number of hydrogen-bond donors (Lipinski definition) is 2. The van der Waals surface area contributed by atoms with E-state index in [4.69, 9.17) is 6.42 Å². The third-order valence-electron chi connectivity index (χ3n) is 2.90. The second-order valence-corrected chi connectivity index (χ2v) is 4.30. The van der Waals surface area contributed by atoms with E-state index in [9.17, 15) is 23.4 Å². The van der Waals surface area contributed by atoms with Crippen LogP contribution in [0.5, 0.6) is 0 Å². The Kier molecular flexibility index (Phi) is 4.37. The first-order valence-corrected chi connectivity index (χ1v) is 5.42. The number of halogens is 3. The summed E-state index contributed by atoms with van der Waals surface area (Å²) in [6.45, 7) is -0.230. The summed E-state index contributed by atoms with van der Waals surface area (Å²) in [5.41, 5.74) is 0. The molecule has 1 rings (SSSR count). The van der Waals surface area contributed by atoms with Crippen LogP contribution in [-0.4, -0.2) is 58.9 Å². The van der Waals surface area contributed by atoms with Crippen LogP contribution in [0.4, 0.5) is 13.2 Å². The molecule has 2 N–H and O–H groups in total. The maximum absolute atomic E-state index is 13.2. The summed E-state index contributed by atoms with van der Waals surface area (Å²) in [5.74, 6) is 0.826. The van der Waals surface area contributed by atoms with E-state index in [0.29, 0.717) is 0 Å². The van der Waals surface area contributed by atoms with Gasteiger partial charge in [-0.05, 0) is 13.1 Å². The minimum Gasteiger partial charge on any atom is -0.506 e. The van der Waals surface area contributed by atoms with Crippen molar-refractivity contribution in [2.75, 3.05) is 20.6 Å². The van der Waals surface area contributed by atoms with Crippen LogP contribution in [0.1, 0.15) is 0 Å². The Labute approximate surface area is 109 Å². The van der Waals surface area contributed by atoms with E-state index in [0.717, 1.165) is 11.0 Å². The van der Waals surface area contributed by atoms with Gasteiger partial charge < -0.3 is 15.1 Å². The van der Waals surface area contributed by atoms with Crippen molar-refractivity contribution in [1.82, 2.24) is 9.80 Å². The lowest BCUT2D eigenvalue weighted by atomic mass is 10.00. The molecular weight excluding hydrogens is 261 g/mol. The lowest BCUT2D eigenvalue weighted by molar-refractivity contribution is -0.192. The molecule has 0 aromatic rings. The van der Waals surface area contributed by atoms with Crippen molar-refractivity contribution in [3.8, 4) is 12.3 Å². The number of hydrogen-bond acceptors (Lipinski definition) is 4. The van der Waals surface area contributed by atoms with E-state index in [-0.39, 0.29) is 6.54 Å². The van der Waals surface area contributed by atoms with E-state index in [1.54, 1.807) is 0 Å². The monoisotopic (exact) mass is 276 g/mol. The molecule has 7 heteroatoms. The van der Waals surface area contributed by atoms with Crippen molar-refractivity contribution in [2.24, 2.45) is 0 Å². The van der Waals surface area contributed by atoms with Gasteiger partial charge in [0.15, 0.2) is 11.5 Å². The molecule has 1 heterocycles. The lowest BCUT2D eigenvalue weighted by Gasteiger charge is -2.40. The number of terminal acetylenes is 1. The molecule has 0 saturated carbocycles. The van der Waals surface area contributed by atoms with E-state index in [1.807, 2.05) is 0 Å². The second-order valence-electron chi connectivity index (χ2n) is 4.30. The molecule has 0 amide bonds. The van der Waals surface area contributed by atoms with E-state index in [2.05, 4.69) is 5.92 Å². The van der Waals surface area contributed by atoms with Crippen LogP contribution in [0.25, 0.3) is 0 Å². The van der Waals surface area contributed by atoms with Crippen molar-refractivity contribution < 1.29 is 23.4 Å². The Bertz CT molecular complexity index is 437. The van der Waals surface area contributed by atoms with Crippen molar-refractivity contribution in [3.05, 3.63) is 23.8 Å². The molecule has 106 valence electrons. The summed E-state index contributed by atoms with van der Waals surface area (Å²) >= 11 is 0. The molecule has 0 radical (unpaired) electrons. The van der Waals surface area contributed by atoms with Gasteiger partial charge in [-0.15, -0.1) is 6.42 Å². The van der Waals surface area contributed by atoms with Gasteiger partial charge >= 0.3 is 6.18 Å². The summed E-state index contributed by atoms with van der Waals surface area (Å²) < 4.78 is 39.5. The van der Waals surface area contributed by atoms with Gasteiger partial charge in [-0.2, -0.15) is 13.2 Å². The highest BCUT2D eigenvalue weighted by Gasteiger charge is 2.50. The first-order valence-electron chi connectivity index (χ1n) is 5.42. The summed E-state index contributed by atoms with van der Waals surface area (Å²) in [7, 11) is 2.60. The molecule has 19 heavy (non-hydrogen) atoms. The number of aliphatic hydroxyl groups excluding tert-OH is 2.